The third-order valence-electron chi connectivity index (χ3n) is 2.95. The first-order chi connectivity index (χ1) is 10.1. The van der Waals surface area contributed by atoms with Gasteiger partial charge in [0.25, 0.3) is 0 Å². The van der Waals surface area contributed by atoms with E-state index in [4.69, 9.17) is 17.3 Å². The van der Waals surface area contributed by atoms with Crippen molar-refractivity contribution in [2.24, 2.45) is 10.7 Å². The molecular formula is C14H24ClN5S. The van der Waals surface area contributed by atoms with Gasteiger partial charge in [-0.2, -0.15) is 4.98 Å². The average Bonchev–Trinajstić information content (AvgIpc) is 2.46. The molecule has 0 amide bonds. The van der Waals surface area contributed by atoms with Gasteiger partial charge in [0.2, 0.25) is 5.95 Å². The third kappa shape index (κ3) is 6.52. The molecule has 1 aromatic rings. The first-order valence-corrected chi connectivity index (χ1v) is 8.88. The molecule has 21 heavy (non-hydrogen) atoms. The molecule has 2 N–H and O–H groups in total. The summed E-state index contributed by atoms with van der Waals surface area (Å²) in [6, 6.07) is 1.63. The van der Waals surface area contributed by atoms with Crippen LogP contribution in [0.25, 0.3) is 0 Å². The number of aromatic nitrogens is 2. The Morgan fingerprint density at radius 1 is 1.29 bits per heavy atom. The Labute approximate surface area is 136 Å². The van der Waals surface area contributed by atoms with Gasteiger partial charge in [0.1, 0.15) is 5.15 Å². The minimum Gasteiger partial charge on any atom is -0.378 e. The van der Waals surface area contributed by atoms with Gasteiger partial charge in [-0.05, 0) is 19.1 Å². The first kappa shape index (κ1) is 18.0. The zero-order valence-electron chi connectivity index (χ0n) is 13.0. The van der Waals surface area contributed by atoms with E-state index in [1.165, 1.54) is 11.8 Å². The predicted molar refractivity (Wildman–Crippen MR) is 93.9 cm³/mol. The molecule has 5 nitrogen and oxygen atoms in total. The van der Waals surface area contributed by atoms with Crippen molar-refractivity contribution in [2.45, 2.75) is 39.5 Å². The molecule has 1 aromatic heterocycles. The van der Waals surface area contributed by atoms with Crippen LogP contribution in [0.15, 0.2) is 11.1 Å². The van der Waals surface area contributed by atoms with Crippen molar-refractivity contribution < 1.29 is 0 Å². The van der Waals surface area contributed by atoms with E-state index < -0.39 is 0 Å². The molecule has 1 heterocycles. The van der Waals surface area contributed by atoms with E-state index in [1.54, 1.807) is 6.07 Å². The van der Waals surface area contributed by atoms with E-state index in [-0.39, 0.29) is 0 Å². The van der Waals surface area contributed by atoms with Crippen LogP contribution in [-0.2, 0) is 0 Å². The second-order valence-corrected chi connectivity index (χ2v) is 5.91. The quantitative estimate of drug-likeness (QED) is 0.446. The van der Waals surface area contributed by atoms with Gasteiger partial charge in [0, 0.05) is 19.2 Å². The summed E-state index contributed by atoms with van der Waals surface area (Å²) >= 11 is 7.47. The zero-order valence-corrected chi connectivity index (χ0v) is 14.5. The van der Waals surface area contributed by atoms with Crippen LogP contribution in [-0.4, -0.2) is 34.5 Å². The first-order valence-electron chi connectivity index (χ1n) is 7.28. The molecular weight excluding hydrogens is 306 g/mol. The van der Waals surface area contributed by atoms with Crippen LogP contribution in [0, 0.1) is 0 Å². The molecule has 0 saturated heterocycles. The summed E-state index contributed by atoms with van der Waals surface area (Å²) in [5, 5.41) is 0.857. The van der Waals surface area contributed by atoms with Gasteiger partial charge >= 0.3 is 0 Å². The van der Waals surface area contributed by atoms with Crippen LogP contribution in [0.4, 0.5) is 11.8 Å². The molecule has 0 bridgehead atoms. The maximum atomic E-state index is 6.09. The van der Waals surface area contributed by atoms with Crippen molar-refractivity contribution >= 4 is 40.3 Å². The van der Waals surface area contributed by atoms with Gasteiger partial charge in [-0.25, -0.2) is 9.98 Å². The molecule has 118 valence electrons. The fraction of sp³-hybridized carbons (Fsp3) is 0.643. The van der Waals surface area contributed by atoms with E-state index >= 15 is 0 Å². The number of unbranched alkanes of at least 4 members (excludes halogenated alkanes) is 2. The molecule has 0 aliphatic rings. The van der Waals surface area contributed by atoms with Gasteiger partial charge in [-0.1, -0.05) is 50.1 Å². The lowest BCUT2D eigenvalue weighted by molar-refractivity contribution is 0.663. The summed E-state index contributed by atoms with van der Waals surface area (Å²) in [5.41, 5.74) is 5.74. The molecule has 7 heteroatoms. The van der Waals surface area contributed by atoms with Crippen molar-refractivity contribution in [1.82, 2.24) is 9.97 Å². The number of rotatable bonds is 8. The second kappa shape index (κ2) is 9.84. The number of nitrogens with zero attached hydrogens (tertiary/aromatic N) is 4. The normalized spacial score (nSPS) is 11.7. The predicted octanol–water partition coefficient (Wildman–Crippen LogP) is 3.85. The molecule has 0 fully saturated rings. The van der Waals surface area contributed by atoms with Gasteiger partial charge in [-0.3, -0.25) is 0 Å². The highest BCUT2D eigenvalue weighted by Crippen LogP contribution is 2.21. The Morgan fingerprint density at radius 2 is 1.90 bits per heavy atom. The van der Waals surface area contributed by atoms with E-state index in [0.29, 0.717) is 22.1 Å². The minimum atomic E-state index is 0.394. The molecule has 0 atom stereocenters. The van der Waals surface area contributed by atoms with Crippen LogP contribution in [0.3, 0.4) is 0 Å². The minimum absolute atomic E-state index is 0.394. The average molecular weight is 330 g/mol. The Kier molecular flexibility index (Phi) is 8.45. The lowest BCUT2D eigenvalue weighted by atomic mass is 10.3. The largest absolute Gasteiger partial charge is 0.378 e. The molecule has 0 aliphatic carbocycles. The smallest absolute Gasteiger partial charge is 0.228 e. The number of thioether (sulfide) groups is 1. The van der Waals surface area contributed by atoms with E-state index in [1.807, 2.05) is 6.26 Å². The summed E-state index contributed by atoms with van der Waals surface area (Å²) in [6.07, 6.45) is 6.34. The second-order valence-electron chi connectivity index (χ2n) is 4.70. The fourth-order valence-electron chi connectivity index (χ4n) is 1.76. The Bertz CT molecular complexity index is 459. The lowest BCUT2D eigenvalue weighted by Gasteiger charge is -2.22. The molecule has 0 radical (unpaired) electrons. The Morgan fingerprint density at radius 3 is 2.43 bits per heavy atom. The van der Waals surface area contributed by atoms with Gasteiger partial charge in [-0.15, -0.1) is 0 Å². The lowest BCUT2D eigenvalue weighted by Crippen LogP contribution is -2.27. The van der Waals surface area contributed by atoms with Crippen molar-refractivity contribution in [1.29, 1.82) is 0 Å². The standard InChI is InChI=1S/C14H24ClN5S/c1-4-6-8-20(9-7-5-2)14-17-11(15)10-12(19-14)18-13(16)21-3/h10H,4-9H2,1-3H3,(H2,16,17,18,19). The van der Waals surface area contributed by atoms with E-state index in [9.17, 15) is 0 Å². The van der Waals surface area contributed by atoms with Crippen LogP contribution in [0.5, 0.6) is 0 Å². The van der Waals surface area contributed by atoms with Gasteiger partial charge in [0.05, 0.1) is 0 Å². The van der Waals surface area contributed by atoms with Gasteiger partial charge < -0.3 is 10.6 Å². The summed E-state index contributed by atoms with van der Waals surface area (Å²) in [6.45, 7) is 6.20. The van der Waals surface area contributed by atoms with Crippen LogP contribution < -0.4 is 10.6 Å². The Hall–Kier alpha value is -1.01. The fourth-order valence-corrected chi connectivity index (χ4v) is 2.12. The maximum absolute atomic E-state index is 6.09. The summed E-state index contributed by atoms with van der Waals surface area (Å²) in [7, 11) is 0. The number of anilines is 1. The number of hydrogen-bond donors (Lipinski definition) is 1. The summed E-state index contributed by atoms with van der Waals surface area (Å²) in [4.78, 5) is 15.2. The van der Waals surface area contributed by atoms with E-state index in [0.717, 1.165) is 38.8 Å². The summed E-state index contributed by atoms with van der Waals surface area (Å²) in [5.74, 6) is 1.15. The van der Waals surface area contributed by atoms with Crippen LogP contribution in [0.1, 0.15) is 39.5 Å². The maximum Gasteiger partial charge on any atom is 0.228 e. The van der Waals surface area contributed by atoms with Gasteiger partial charge in [0.15, 0.2) is 11.0 Å². The zero-order chi connectivity index (χ0) is 15.7. The number of amidine groups is 1. The number of halogens is 1. The SMILES string of the molecule is CCCCN(CCCC)c1nc(Cl)cc(N=C(N)SC)n1. The van der Waals surface area contributed by atoms with Crippen LogP contribution >= 0.6 is 23.4 Å². The molecule has 1 rings (SSSR count). The molecule has 0 spiro atoms. The molecule has 0 aromatic carbocycles. The summed E-state index contributed by atoms with van der Waals surface area (Å²) < 4.78 is 0. The topological polar surface area (TPSA) is 67.4 Å². The number of hydrogen-bond acceptors (Lipinski definition) is 5. The highest BCUT2D eigenvalue weighted by atomic mass is 35.5. The van der Waals surface area contributed by atoms with Crippen molar-refractivity contribution in [3.8, 4) is 0 Å². The van der Waals surface area contributed by atoms with Crippen molar-refractivity contribution in [3.05, 3.63) is 11.2 Å². The monoisotopic (exact) mass is 329 g/mol. The number of aliphatic imine (C=N–C) groups is 1. The molecule has 0 saturated carbocycles. The highest BCUT2D eigenvalue weighted by Gasteiger charge is 2.11. The van der Waals surface area contributed by atoms with E-state index in [2.05, 4.69) is 33.7 Å². The van der Waals surface area contributed by atoms with Crippen molar-refractivity contribution in [3.63, 3.8) is 0 Å². The van der Waals surface area contributed by atoms with Crippen LogP contribution in [0.2, 0.25) is 5.15 Å². The molecule has 0 unspecified atom stereocenters. The third-order valence-corrected chi connectivity index (χ3v) is 3.65. The molecule has 0 aliphatic heterocycles. The number of nitrogens with two attached hydrogens (primary N) is 1. The highest BCUT2D eigenvalue weighted by molar-refractivity contribution is 8.13. The van der Waals surface area contributed by atoms with Crippen molar-refractivity contribution in [2.75, 3.05) is 24.2 Å². The Balaban J connectivity index is 3.00.